The van der Waals surface area contributed by atoms with E-state index in [4.69, 9.17) is 4.74 Å². The van der Waals surface area contributed by atoms with E-state index in [9.17, 15) is 9.59 Å². The van der Waals surface area contributed by atoms with Crippen LogP contribution in [-0.4, -0.2) is 25.4 Å². The number of Topliss-reactive ketones (excluding diaryl/α,β-unsaturated/α-hetero) is 1. The molecule has 0 aromatic heterocycles. The first-order chi connectivity index (χ1) is 8.58. The summed E-state index contributed by atoms with van der Waals surface area (Å²) >= 11 is 0. The molecule has 0 N–H and O–H groups in total. The molecule has 18 heavy (non-hydrogen) atoms. The number of carbonyl (C=O) groups is 2. The summed E-state index contributed by atoms with van der Waals surface area (Å²) in [5.74, 6) is -0.831. The van der Waals surface area contributed by atoms with Crippen molar-refractivity contribution in [2.45, 2.75) is 20.3 Å². The minimum absolute atomic E-state index is 0.265. The third-order valence-corrected chi connectivity index (χ3v) is 2.27. The number of ketones is 1. The fourth-order valence-corrected chi connectivity index (χ4v) is 1.51. The Morgan fingerprint density at radius 1 is 1.33 bits per heavy atom. The summed E-state index contributed by atoms with van der Waals surface area (Å²) in [6.45, 7) is 3.83. The number of aryl methyl sites for hydroxylation is 1. The molecule has 0 radical (unpaired) electrons. The molecule has 0 aliphatic heterocycles. The quantitative estimate of drug-likeness (QED) is 0.348. The monoisotopic (exact) mass is 248 g/mol. The number of carbonyl (C=O) groups excluding carboxylic acids is 2. The second kappa shape index (κ2) is 6.64. The number of rotatable bonds is 5. The van der Waals surface area contributed by atoms with E-state index in [2.05, 4.69) is 10.2 Å². The second-order valence-corrected chi connectivity index (χ2v) is 3.73. The van der Waals surface area contributed by atoms with E-state index in [-0.39, 0.29) is 18.8 Å². The van der Waals surface area contributed by atoms with Gasteiger partial charge in [0.05, 0.1) is 12.3 Å². The van der Waals surface area contributed by atoms with Gasteiger partial charge in [-0.2, -0.15) is 10.2 Å². The molecule has 0 atom stereocenters. The van der Waals surface area contributed by atoms with Crippen LogP contribution in [0.3, 0.4) is 0 Å². The summed E-state index contributed by atoms with van der Waals surface area (Å²) in [5.41, 5.74) is 1.79. The molecule has 0 amide bonds. The van der Waals surface area contributed by atoms with Crippen molar-refractivity contribution in [1.29, 1.82) is 0 Å². The molecule has 1 aromatic carbocycles. The minimum atomic E-state index is -0.525. The average Bonchev–Trinajstić information content (AvgIpc) is 2.32. The van der Waals surface area contributed by atoms with E-state index in [1.165, 1.54) is 7.05 Å². The van der Waals surface area contributed by atoms with Crippen LogP contribution in [0, 0.1) is 6.92 Å². The van der Waals surface area contributed by atoms with E-state index in [1.54, 1.807) is 19.1 Å². The highest BCUT2D eigenvalue weighted by molar-refractivity contribution is 6.08. The van der Waals surface area contributed by atoms with E-state index >= 15 is 0 Å². The van der Waals surface area contributed by atoms with Crippen LogP contribution in [0.25, 0.3) is 0 Å². The molecule has 0 aliphatic rings. The number of nitrogens with zero attached hydrogens (tertiary/aromatic N) is 2. The third kappa shape index (κ3) is 3.76. The lowest BCUT2D eigenvalue weighted by Gasteiger charge is -2.05. The molecule has 0 heterocycles. The standard InChI is InChI=1S/C13H16N2O3/c1-4-18-13(17)8-12(16)10-7-9(2)5-6-11(10)15-14-3/h5-7H,4,8H2,1-3H3. The Hall–Kier alpha value is -2.04. The summed E-state index contributed by atoms with van der Waals surface area (Å²) in [6.07, 6.45) is -0.274. The first-order valence-corrected chi connectivity index (χ1v) is 5.67. The first-order valence-electron chi connectivity index (χ1n) is 5.67. The number of hydrogen-bond acceptors (Lipinski definition) is 5. The zero-order chi connectivity index (χ0) is 13.5. The fourth-order valence-electron chi connectivity index (χ4n) is 1.51. The maximum absolute atomic E-state index is 12.0. The average molecular weight is 248 g/mol. The highest BCUT2D eigenvalue weighted by Crippen LogP contribution is 2.22. The maximum Gasteiger partial charge on any atom is 0.313 e. The van der Waals surface area contributed by atoms with E-state index < -0.39 is 5.97 Å². The van der Waals surface area contributed by atoms with Crippen molar-refractivity contribution in [3.63, 3.8) is 0 Å². The van der Waals surface area contributed by atoms with Gasteiger partial charge in [0.15, 0.2) is 5.78 Å². The van der Waals surface area contributed by atoms with Crippen molar-refractivity contribution < 1.29 is 14.3 Å². The van der Waals surface area contributed by atoms with Crippen LogP contribution in [0.15, 0.2) is 28.4 Å². The first kappa shape index (κ1) is 14.0. The van der Waals surface area contributed by atoms with Gasteiger partial charge in [0.1, 0.15) is 6.42 Å². The Labute approximate surface area is 106 Å². The van der Waals surface area contributed by atoms with Gasteiger partial charge < -0.3 is 4.74 Å². The van der Waals surface area contributed by atoms with Crippen LogP contribution in [0.5, 0.6) is 0 Å². The summed E-state index contributed by atoms with van der Waals surface area (Å²) < 4.78 is 4.75. The molecule has 0 fully saturated rings. The van der Waals surface area contributed by atoms with Gasteiger partial charge in [0.2, 0.25) is 0 Å². The zero-order valence-corrected chi connectivity index (χ0v) is 10.8. The van der Waals surface area contributed by atoms with Crippen molar-refractivity contribution >= 4 is 17.4 Å². The molecular weight excluding hydrogens is 232 g/mol. The Kier molecular flexibility index (Phi) is 5.17. The molecule has 96 valence electrons. The molecule has 0 saturated carbocycles. The Morgan fingerprint density at radius 2 is 2.06 bits per heavy atom. The van der Waals surface area contributed by atoms with E-state index in [0.717, 1.165) is 5.56 Å². The summed E-state index contributed by atoms with van der Waals surface area (Å²) in [4.78, 5) is 23.3. The predicted octanol–water partition coefficient (Wildman–Crippen LogP) is 2.84. The van der Waals surface area contributed by atoms with Crippen molar-refractivity contribution in [1.82, 2.24) is 0 Å². The summed E-state index contributed by atoms with van der Waals surface area (Å²) in [5, 5.41) is 7.52. The topological polar surface area (TPSA) is 68.1 Å². The van der Waals surface area contributed by atoms with Crippen molar-refractivity contribution in [2.24, 2.45) is 10.2 Å². The second-order valence-electron chi connectivity index (χ2n) is 3.73. The lowest BCUT2D eigenvalue weighted by molar-refractivity contribution is -0.141. The van der Waals surface area contributed by atoms with Crippen LogP contribution in [0.4, 0.5) is 5.69 Å². The highest BCUT2D eigenvalue weighted by atomic mass is 16.5. The Balaban J connectivity index is 2.96. The third-order valence-electron chi connectivity index (χ3n) is 2.27. The van der Waals surface area contributed by atoms with E-state index in [1.807, 2.05) is 13.0 Å². The van der Waals surface area contributed by atoms with Gasteiger partial charge in [0, 0.05) is 12.6 Å². The fraction of sp³-hybridized carbons (Fsp3) is 0.385. The molecule has 5 heteroatoms. The zero-order valence-electron chi connectivity index (χ0n) is 10.8. The van der Waals surface area contributed by atoms with Gasteiger partial charge >= 0.3 is 5.97 Å². The molecule has 5 nitrogen and oxygen atoms in total. The Morgan fingerprint density at radius 3 is 2.67 bits per heavy atom. The smallest absolute Gasteiger partial charge is 0.313 e. The summed E-state index contributed by atoms with van der Waals surface area (Å²) in [6, 6.07) is 5.25. The lowest BCUT2D eigenvalue weighted by atomic mass is 10.0. The number of azo groups is 1. The van der Waals surface area contributed by atoms with Crippen molar-refractivity contribution in [3.8, 4) is 0 Å². The van der Waals surface area contributed by atoms with Gasteiger partial charge in [-0.3, -0.25) is 9.59 Å². The van der Waals surface area contributed by atoms with Gasteiger partial charge in [-0.1, -0.05) is 11.6 Å². The minimum Gasteiger partial charge on any atom is -0.466 e. The number of hydrogen-bond donors (Lipinski definition) is 0. The normalized spacial score (nSPS) is 10.6. The Bertz CT molecular complexity index is 481. The number of ether oxygens (including phenoxy) is 1. The van der Waals surface area contributed by atoms with Crippen molar-refractivity contribution in [2.75, 3.05) is 13.7 Å². The molecule has 0 bridgehead atoms. The lowest BCUT2D eigenvalue weighted by Crippen LogP contribution is -2.11. The van der Waals surface area contributed by atoms with Gasteiger partial charge in [0.25, 0.3) is 0 Å². The van der Waals surface area contributed by atoms with Crippen LogP contribution in [-0.2, 0) is 9.53 Å². The number of esters is 1. The molecule has 0 spiro atoms. The van der Waals surface area contributed by atoms with E-state index in [0.29, 0.717) is 11.3 Å². The molecule has 0 unspecified atom stereocenters. The highest BCUT2D eigenvalue weighted by Gasteiger charge is 2.16. The maximum atomic E-state index is 12.0. The molecular formula is C13H16N2O3. The molecule has 0 aliphatic carbocycles. The number of benzene rings is 1. The summed E-state index contributed by atoms with van der Waals surface area (Å²) in [7, 11) is 1.53. The molecule has 1 rings (SSSR count). The van der Waals surface area contributed by atoms with Crippen LogP contribution in [0.1, 0.15) is 29.3 Å². The predicted molar refractivity (Wildman–Crippen MR) is 67.2 cm³/mol. The largest absolute Gasteiger partial charge is 0.466 e. The van der Waals surface area contributed by atoms with Gasteiger partial charge in [-0.25, -0.2) is 0 Å². The molecule has 0 saturated heterocycles. The van der Waals surface area contributed by atoms with Crippen LogP contribution >= 0.6 is 0 Å². The van der Waals surface area contributed by atoms with Crippen LogP contribution in [0.2, 0.25) is 0 Å². The van der Waals surface area contributed by atoms with Crippen molar-refractivity contribution in [3.05, 3.63) is 29.3 Å². The van der Waals surface area contributed by atoms with Crippen LogP contribution < -0.4 is 0 Å². The SMILES string of the molecule is CCOC(=O)CC(=O)c1cc(C)ccc1N=NC. The van der Waals surface area contributed by atoms with Gasteiger partial charge in [-0.05, 0) is 26.0 Å². The van der Waals surface area contributed by atoms with Gasteiger partial charge in [-0.15, -0.1) is 0 Å². The molecule has 1 aromatic rings.